The van der Waals surface area contributed by atoms with E-state index in [1.807, 2.05) is 41.2 Å². The summed E-state index contributed by atoms with van der Waals surface area (Å²) in [5.41, 5.74) is 1.98. The maximum Gasteiger partial charge on any atom is 0.191 e. The van der Waals surface area contributed by atoms with Crippen LogP contribution >= 0.6 is 24.0 Å². The first-order chi connectivity index (χ1) is 11.3. The Morgan fingerprint density at radius 3 is 2.62 bits per heavy atom. The standard InChI is InChI=1S/C17H23N5O.HI/c1-18-17(19-11-13-3-4-13)20-12-14-9-10-22(21-14)15-5-7-16(23-2)8-6-15;/h5-10,13H,3-4,11-12H2,1-2H3,(H2,18,19,20);1H. The fraction of sp³-hybridized carbons (Fsp3) is 0.412. The van der Waals surface area contributed by atoms with E-state index in [9.17, 15) is 0 Å². The van der Waals surface area contributed by atoms with Gasteiger partial charge in [0.15, 0.2) is 5.96 Å². The number of ether oxygens (including phenoxy) is 1. The van der Waals surface area contributed by atoms with Gasteiger partial charge in [-0.2, -0.15) is 5.10 Å². The van der Waals surface area contributed by atoms with Crippen molar-refractivity contribution < 1.29 is 4.74 Å². The number of halogens is 1. The maximum absolute atomic E-state index is 5.17. The van der Waals surface area contributed by atoms with Gasteiger partial charge in [-0.3, -0.25) is 4.99 Å². The van der Waals surface area contributed by atoms with Crippen LogP contribution in [-0.4, -0.2) is 36.4 Å². The number of hydrogen-bond donors (Lipinski definition) is 2. The molecular weight excluding hydrogens is 417 g/mol. The van der Waals surface area contributed by atoms with Crippen LogP contribution in [0.5, 0.6) is 5.75 Å². The maximum atomic E-state index is 5.17. The molecule has 1 saturated carbocycles. The summed E-state index contributed by atoms with van der Waals surface area (Å²) < 4.78 is 7.03. The molecule has 7 heteroatoms. The number of guanidine groups is 1. The van der Waals surface area contributed by atoms with Gasteiger partial charge < -0.3 is 15.4 Å². The molecule has 1 aliphatic rings. The van der Waals surface area contributed by atoms with Gasteiger partial charge in [0.05, 0.1) is 25.0 Å². The van der Waals surface area contributed by atoms with Gasteiger partial charge in [-0.15, -0.1) is 24.0 Å². The zero-order chi connectivity index (χ0) is 16.1. The van der Waals surface area contributed by atoms with Crippen LogP contribution in [0.25, 0.3) is 5.69 Å². The molecule has 1 aromatic carbocycles. The lowest BCUT2D eigenvalue weighted by atomic mass is 10.3. The van der Waals surface area contributed by atoms with E-state index in [4.69, 9.17) is 4.74 Å². The third-order valence-electron chi connectivity index (χ3n) is 3.90. The number of nitrogens with one attached hydrogen (secondary N) is 2. The van der Waals surface area contributed by atoms with Crippen molar-refractivity contribution >= 4 is 29.9 Å². The number of hydrogen-bond acceptors (Lipinski definition) is 3. The zero-order valence-corrected chi connectivity index (χ0v) is 16.4. The molecule has 1 fully saturated rings. The summed E-state index contributed by atoms with van der Waals surface area (Å²) in [7, 11) is 3.45. The van der Waals surface area contributed by atoms with Gasteiger partial charge in [0, 0.05) is 19.8 Å². The van der Waals surface area contributed by atoms with Crippen molar-refractivity contribution in [1.29, 1.82) is 0 Å². The predicted octanol–water partition coefficient (Wildman–Crippen LogP) is 2.57. The summed E-state index contributed by atoms with van der Waals surface area (Å²) in [5.74, 6) is 2.49. The molecular formula is C17H24IN5O. The monoisotopic (exact) mass is 441 g/mol. The number of rotatable bonds is 6. The molecule has 1 aromatic heterocycles. The number of nitrogens with zero attached hydrogens (tertiary/aromatic N) is 3. The van der Waals surface area contributed by atoms with Crippen molar-refractivity contribution in [3.63, 3.8) is 0 Å². The van der Waals surface area contributed by atoms with E-state index in [0.29, 0.717) is 6.54 Å². The smallest absolute Gasteiger partial charge is 0.191 e. The Balaban J connectivity index is 0.00000208. The summed E-state index contributed by atoms with van der Waals surface area (Å²) >= 11 is 0. The lowest BCUT2D eigenvalue weighted by Gasteiger charge is -2.10. The molecule has 6 nitrogen and oxygen atoms in total. The van der Waals surface area contributed by atoms with E-state index in [-0.39, 0.29) is 24.0 Å². The SMILES string of the molecule is CN=C(NCc1ccn(-c2ccc(OC)cc2)n1)NCC1CC1.I. The second-order valence-corrected chi connectivity index (χ2v) is 5.70. The fourth-order valence-electron chi connectivity index (χ4n) is 2.29. The molecule has 0 aliphatic heterocycles. The van der Waals surface area contributed by atoms with Gasteiger partial charge in [0.2, 0.25) is 0 Å². The fourth-order valence-corrected chi connectivity index (χ4v) is 2.29. The van der Waals surface area contributed by atoms with Gasteiger partial charge in [0.1, 0.15) is 5.75 Å². The minimum Gasteiger partial charge on any atom is -0.497 e. The first-order valence-corrected chi connectivity index (χ1v) is 7.92. The van der Waals surface area contributed by atoms with Crippen LogP contribution < -0.4 is 15.4 Å². The highest BCUT2D eigenvalue weighted by Gasteiger charge is 2.21. The summed E-state index contributed by atoms with van der Waals surface area (Å²) in [6, 6.07) is 9.83. The predicted molar refractivity (Wildman–Crippen MR) is 106 cm³/mol. The van der Waals surface area contributed by atoms with E-state index < -0.39 is 0 Å². The molecule has 0 radical (unpaired) electrons. The summed E-state index contributed by atoms with van der Waals surface area (Å²) in [6.45, 7) is 1.65. The highest BCUT2D eigenvalue weighted by atomic mass is 127. The van der Waals surface area contributed by atoms with E-state index in [2.05, 4.69) is 20.7 Å². The summed E-state index contributed by atoms with van der Waals surface area (Å²) in [4.78, 5) is 4.23. The van der Waals surface area contributed by atoms with Crippen LogP contribution in [0.2, 0.25) is 0 Å². The van der Waals surface area contributed by atoms with Crippen LogP contribution in [0.1, 0.15) is 18.5 Å². The minimum atomic E-state index is 0. The Bertz CT molecular complexity index is 664. The summed E-state index contributed by atoms with van der Waals surface area (Å²) in [6.07, 6.45) is 4.62. The van der Waals surface area contributed by atoms with E-state index >= 15 is 0 Å². The normalized spacial score (nSPS) is 14.0. The lowest BCUT2D eigenvalue weighted by molar-refractivity contribution is 0.414. The van der Waals surface area contributed by atoms with Crippen molar-refractivity contribution in [1.82, 2.24) is 20.4 Å². The Kier molecular flexibility index (Phi) is 6.89. The van der Waals surface area contributed by atoms with E-state index in [0.717, 1.165) is 35.6 Å². The number of aromatic nitrogens is 2. The second kappa shape index (κ2) is 8.91. The molecule has 0 atom stereocenters. The van der Waals surface area contributed by atoms with E-state index in [1.54, 1.807) is 14.2 Å². The minimum absolute atomic E-state index is 0. The topological polar surface area (TPSA) is 63.5 Å². The molecule has 24 heavy (non-hydrogen) atoms. The molecule has 0 amide bonds. The number of benzene rings is 1. The van der Waals surface area contributed by atoms with Crippen molar-refractivity contribution in [3.8, 4) is 11.4 Å². The van der Waals surface area contributed by atoms with Crippen molar-refractivity contribution in [2.24, 2.45) is 10.9 Å². The second-order valence-electron chi connectivity index (χ2n) is 5.70. The third-order valence-corrected chi connectivity index (χ3v) is 3.90. The number of aliphatic imine (C=N–C) groups is 1. The highest BCUT2D eigenvalue weighted by molar-refractivity contribution is 14.0. The molecule has 1 heterocycles. The van der Waals surface area contributed by atoms with Gasteiger partial charge >= 0.3 is 0 Å². The van der Waals surface area contributed by atoms with Gasteiger partial charge in [-0.1, -0.05) is 0 Å². The molecule has 130 valence electrons. The van der Waals surface area contributed by atoms with Crippen molar-refractivity contribution in [2.45, 2.75) is 19.4 Å². The first-order valence-electron chi connectivity index (χ1n) is 7.92. The average molecular weight is 441 g/mol. The zero-order valence-electron chi connectivity index (χ0n) is 14.0. The molecule has 0 unspecified atom stereocenters. The Labute approximate surface area is 159 Å². The lowest BCUT2D eigenvalue weighted by Crippen LogP contribution is -2.37. The Morgan fingerprint density at radius 2 is 2.00 bits per heavy atom. The average Bonchev–Trinajstić information content (AvgIpc) is 3.31. The molecule has 0 saturated heterocycles. The first kappa shape index (κ1) is 18.6. The van der Waals surface area contributed by atoms with Crippen molar-refractivity contribution in [3.05, 3.63) is 42.2 Å². The Hall–Kier alpha value is -1.77. The molecule has 1 aliphatic carbocycles. The summed E-state index contributed by atoms with van der Waals surface area (Å²) in [5, 5.41) is 11.2. The largest absolute Gasteiger partial charge is 0.497 e. The quantitative estimate of drug-likeness (QED) is 0.411. The molecule has 3 rings (SSSR count). The van der Waals surface area contributed by atoms with Crippen molar-refractivity contribution in [2.75, 3.05) is 20.7 Å². The van der Waals surface area contributed by atoms with Crippen LogP contribution in [0, 0.1) is 5.92 Å². The molecule has 0 spiro atoms. The molecule has 0 bridgehead atoms. The van der Waals surface area contributed by atoms with Gasteiger partial charge in [-0.25, -0.2) is 4.68 Å². The molecule has 2 N–H and O–H groups in total. The van der Waals surface area contributed by atoms with Crippen LogP contribution in [0.15, 0.2) is 41.5 Å². The van der Waals surface area contributed by atoms with Crippen LogP contribution in [0.4, 0.5) is 0 Å². The van der Waals surface area contributed by atoms with Crippen LogP contribution in [-0.2, 0) is 6.54 Å². The van der Waals surface area contributed by atoms with Gasteiger partial charge in [0.25, 0.3) is 0 Å². The Morgan fingerprint density at radius 1 is 1.25 bits per heavy atom. The highest BCUT2D eigenvalue weighted by Crippen LogP contribution is 2.27. The van der Waals surface area contributed by atoms with Gasteiger partial charge in [-0.05, 0) is 49.1 Å². The number of methoxy groups -OCH3 is 1. The van der Waals surface area contributed by atoms with E-state index in [1.165, 1.54) is 12.8 Å². The third kappa shape index (κ3) is 5.12. The molecule has 2 aromatic rings. The van der Waals surface area contributed by atoms with Crippen LogP contribution in [0.3, 0.4) is 0 Å².